The lowest BCUT2D eigenvalue weighted by Crippen LogP contribution is -2.06. The Labute approximate surface area is 201 Å². The molecule has 0 saturated carbocycles. The predicted octanol–water partition coefficient (Wildman–Crippen LogP) is 5.40. The van der Waals surface area contributed by atoms with Crippen molar-refractivity contribution in [1.29, 1.82) is 0 Å². The average Bonchev–Trinajstić information content (AvgIpc) is 3.31. The van der Waals surface area contributed by atoms with E-state index in [1.54, 1.807) is 36.6 Å². The molecular weight excluding hydrogens is 450 g/mol. The Balaban J connectivity index is 0.00000103. The SMILES string of the molecule is CCOC(=O)c1cc(-c2cc(CC)ccn2)nc(-c2cccc(-c3ccc(C)s3)n2)c1.O=C=O. The predicted molar refractivity (Wildman–Crippen MR) is 129 cm³/mol. The zero-order valence-corrected chi connectivity index (χ0v) is 19.9. The number of hydrogen-bond donors (Lipinski definition) is 0. The number of esters is 1. The lowest BCUT2D eigenvalue weighted by molar-refractivity contribution is -0.191. The van der Waals surface area contributed by atoms with Gasteiger partial charge in [0.15, 0.2) is 0 Å². The summed E-state index contributed by atoms with van der Waals surface area (Å²) in [4.78, 5) is 45.2. The number of aromatic nitrogens is 3. The lowest BCUT2D eigenvalue weighted by Gasteiger charge is -2.10. The van der Waals surface area contributed by atoms with Gasteiger partial charge in [0.25, 0.3) is 0 Å². The summed E-state index contributed by atoms with van der Waals surface area (Å²) < 4.78 is 5.24. The van der Waals surface area contributed by atoms with Crippen LogP contribution in [0.5, 0.6) is 0 Å². The van der Waals surface area contributed by atoms with Gasteiger partial charge in [0.1, 0.15) is 0 Å². The Bertz CT molecular complexity index is 1330. The molecule has 4 aromatic heterocycles. The van der Waals surface area contributed by atoms with Crippen LogP contribution in [0.3, 0.4) is 0 Å². The van der Waals surface area contributed by atoms with Crippen molar-refractivity contribution in [1.82, 2.24) is 15.0 Å². The Morgan fingerprint density at radius 1 is 0.912 bits per heavy atom. The van der Waals surface area contributed by atoms with Gasteiger partial charge in [-0.15, -0.1) is 11.3 Å². The third-order valence-electron chi connectivity index (χ3n) is 4.84. The van der Waals surface area contributed by atoms with Crippen LogP contribution >= 0.6 is 11.3 Å². The summed E-state index contributed by atoms with van der Waals surface area (Å²) in [5.41, 5.74) is 5.12. The minimum atomic E-state index is -0.385. The molecule has 0 saturated heterocycles. The maximum absolute atomic E-state index is 12.5. The maximum atomic E-state index is 12.5. The molecule has 0 bridgehead atoms. The third-order valence-corrected chi connectivity index (χ3v) is 5.86. The third kappa shape index (κ3) is 6.07. The highest BCUT2D eigenvalue weighted by Crippen LogP contribution is 2.29. The number of pyridine rings is 3. The number of nitrogens with zero attached hydrogens (tertiary/aromatic N) is 3. The van der Waals surface area contributed by atoms with Crippen LogP contribution in [0, 0.1) is 6.92 Å². The van der Waals surface area contributed by atoms with Crippen LogP contribution in [0.2, 0.25) is 0 Å². The number of aryl methyl sites for hydroxylation is 2. The second kappa shape index (κ2) is 11.7. The van der Waals surface area contributed by atoms with E-state index in [2.05, 4.69) is 31.0 Å². The largest absolute Gasteiger partial charge is 0.462 e. The summed E-state index contributed by atoms with van der Waals surface area (Å²) >= 11 is 1.70. The van der Waals surface area contributed by atoms with E-state index in [0.29, 0.717) is 29.3 Å². The molecule has 7 nitrogen and oxygen atoms in total. The minimum Gasteiger partial charge on any atom is -0.462 e. The molecule has 0 amide bonds. The molecule has 0 aliphatic carbocycles. The lowest BCUT2D eigenvalue weighted by atomic mass is 10.1. The molecule has 0 aliphatic rings. The first kappa shape index (κ1) is 24.6. The van der Waals surface area contributed by atoms with Gasteiger partial charge in [0, 0.05) is 11.1 Å². The van der Waals surface area contributed by atoms with Crippen molar-refractivity contribution in [3.8, 4) is 33.3 Å². The van der Waals surface area contributed by atoms with Gasteiger partial charge in [-0.05, 0) is 74.4 Å². The molecule has 8 heteroatoms. The van der Waals surface area contributed by atoms with Crippen molar-refractivity contribution in [3.63, 3.8) is 0 Å². The molecule has 0 atom stereocenters. The molecule has 0 unspecified atom stereocenters. The Morgan fingerprint density at radius 3 is 2.24 bits per heavy atom. The molecule has 0 spiro atoms. The van der Waals surface area contributed by atoms with Gasteiger partial charge in [-0.1, -0.05) is 13.0 Å². The van der Waals surface area contributed by atoms with Crippen LogP contribution in [0.25, 0.3) is 33.3 Å². The Morgan fingerprint density at radius 2 is 1.59 bits per heavy atom. The fourth-order valence-corrected chi connectivity index (χ4v) is 4.08. The molecular formula is C26H23N3O4S. The van der Waals surface area contributed by atoms with E-state index in [4.69, 9.17) is 24.3 Å². The van der Waals surface area contributed by atoms with Crippen LogP contribution in [0.15, 0.2) is 60.8 Å². The second-order valence-electron chi connectivity index (χ2n) is 7.15. The summed E-state index contributed by atoms with van der Waals surface area (Å²) in [5.74, 6) is -0.385. The average molecular weight is 474 g/mol. The fourth-order valence-electron chi connectivity index (χ4n) is 3.25. The molecule has 0 fully saturated rings. The van der Waals surface area contributed by atoms with Crippen LogP contribution in [0.1, 0.15) is 34.6 Å². The van der Waals surface area contributed by atoms with Gasteiger partial charge in [0.2, 0.25) is 0 Å². The monoisotopic (exact) mass is 473 g/mol. The van der Waals surface area contributed by atoms with Crippen molar-refractivity contribution in [2.24, 2.45) is 0 Å². The molecule has 0 aliphatic heterocycles. The van der Waals surface area contributed by atoms with Crippen molar-refractivity contribution in [3.05, 3.63) is 76.8 Å². The van der Waals surface area contributed by atoms with Crippen LogP contribution in [0.4, 0.5) is 0 Å². The minimum absolute atomic E-state index is 0.250. The van der Waals surface area contributed by atoms with Gasteiger partial charge in [-0.25, -0.2) is 14.8 Å². The number of carbonyl (C=O) groups excluding carboxylic acids is 3. The normalized spacial score (nSPS) is 10.1. The second-order valence-corrected chi connectivity index (χ2v) is 8.44. The highest BCUT2D eigenvalue weighted by Gasteiger charge is 2.15. The molecule has 4 heterocycles. The number of thiophene rings is 1. The molecule has 4 aromatic rings. The number of ether oxygens (including phenoxy) is 1. The molecule has 34 heavy (non-hydrogen) atoms. The first-order chi connectivity index (χ1) is 16.5. The van der Waals surface area contributed by atoms with Crippen LogP contribution in [-0.2, 0) is 20.7 Å². The number of hydrogen-bond acceptors (Lipinski definition) is 8. The van der Waals surface area contributed by atoms with Crippen molar-refractivity contribution < 1.29 is 19.1 Å². The summed E-state index contributed by atoms with van der Waals surface area (Å²) in [5, 5.41) is 0. The van der Waals surface area contributed by atoms with E-state index in [1.165, 1.54) is 4.88 Å². The van der Waals surface area contributed by atoms with E-state index < -0.39 is 0 Å². The molecule has 0 radical (unpaired) electrons. The van der Waals surface area contributed by atoms with E-state index in [1.807, 2.05) is 30.3 Å². The highest BCUT2D eigenvalue weighted by molar-refractivity contribution is 7.15. The molecule has 172 valence electrons. The van der Waals surface area contributed by atoms with Gasteiger partial charge in [-0.3, -0.25) is 4.98 Å². The summed E-state index contributed by atoms with van der Waals surface area (Å²) in [6.07, 6.45) is 2.91. The van der Waals surface area contributed by atoms with E-state index in [0.717, 1.165) is 28.2 Å². The van der Waals surface area contributed by atoms with E-state index in [9.17, 15) is 4.79 Å². The molecule has 0 aromatic carbocycles. The van der Waals surface area contributed by atoms with Gasteiger partial charge >= 0.3 is 12.1 Å². The molecule has 0 N–H and O–H groups in total. The summed E-state index contributed by atoms with van der Waals surface area (Å²) in [6.45, 7) is 6.27. The Kier molecular flexibility index (Phi) is 8.51. The van der Waals surface area contributed by atoms with Crippen LogP contribution < -0.4 is 0 Å². The summed E-state index contributed by atoms with van der Waals surface area (Å²) in [6, 6.07) is 17.4. The van der Waals surface area contributed by atoms with Gasteiger partial charge in [-0.2, -0.15) is 9.59 Å². The van der Waals surface area contributed by atoms with E-state index in [-0.39, 0.29) is 12.1 Å². The van der Waals surface area contributed by atoms with E-state index >= 15 is 0 Å². The number of carbonyl (C=O) groups is 1. The standard InChI is InChI=1S/C25H23N3O2S.CO2/c1-4-17-11-12-26-21(13-17)23-15-18(25(29)30-5-2)14-22(28-23)19-7-6-8-20(27-19)24-10-9-16(3)31-24;2-1-3/h6-15H,4-5H2,1-3H3;. The van der Waals surface area contributed by atoms with Crippen molar-refractivity contribution in [2.45, 2.75) is 27.2 Å². The van der Waals surface area contributed by atoms with Crippen molar-refractivity contribution >= 4 is 23.5 Å². The van der Waals surface area contributed by atoms with Gasteiger partial charge < -0.3 is 4.74 Å². The smallest absolute Gasteiger partial charge is 0.373 e. The molecule has 4 rings (SSSR count). The topological polar surface area (TPSA) is 99.1 Å². The fraction of sp³-hybridized carbons (Fsp3) is 0.192. The highest BCUT2D eigenvalue weighted by atomic mass is 32.1. The number of rotatable bonds is 6. The van der Waals surface area contributed by atoms with Crippen molar-refractivity contribution in [2.75, 3.05) is 6.61 Å². The first-order valence-electron chi connectivity index (χ1n) is 10.7. The quantitative estimate of drug-likeness (QED) is 0.346. The van der Waals surface area contributed by atoms with Gasteiger partial charge in [0.05, 0.1) is 45.5 Å². The maximum Gasteiger partial charge on any atom is 0.373 e. The zero-order valence-electron chi connectivity index (χ0n) is 19.1. The van der Waals surface area contributed by atoms with Crippen LogP contribution in [-0.4, -0.2) is 33.7 Å². The summed E-state index contributed by atoms with van der Waals surface area (Å²) in [7, 11) is 0. The Hall–Kier alpha value is -4.00. The zero-order chi connectivity index (χ0) is 24.5. The first-order valence-corrected chi connectivity index (χ1v) is 11.5.